The van der Waals surface area contributed by atoms with Gasteiger partial charge in [-0.1, -0.05) is 39.0 Å². The van der Waals surface area contributed by atoms with Gasteiger partial charge in [0.15, 0.2) is 0 Å². The second kappa shape index (κ2) is 12.2. The normalized spacial score (nSPS) is 20.0. The Labute approximate surface area is 245 Å². The zero-order chi connectivity index (χ0) is 30.0. The number of rotatable bonds is 9. The number of carbonyl (C=O) groups is 2. The Balaban J connectivity index is 1.40. The summed E-state index contributed by atoms with van der Waals surface area (Å²) in [6.45, 7) is 12.6. The highest BCUT2D eigenvalue weighted by Gasteiger charge is 2.37. The van der Waals surface area contributed by atoms with E-state index in [0.717, 1.165) is 40.8 Å². The number of hydrogen-bond donors (Lipinski definition) is 1. The van der Waals surface area contributed by atoms with Crippen LogP contribution in [0.15, 0.2) is 36.4 Å². The maximum absolute atomic E-state index is 13.0. The van der Waals surface area contributed by atoms with Crippen molar-refractivity contribution in [2.75, 3.05) is 6.54 Å². The van der Waals surface area contributed by atoms with Crippen LogP contribution in [-0.4, -0.2) is 48.8 Å². The molecule has 0 heterocycles. The van der Waals surface area contributed by atoms with Crippen LogP contribution in [0.1, 0.15) is 92.1 Å². The van der Waals surface area contributed by atoms with Crippen LogP contribution < -0.4 is 9.46 Å². The first-order valence-corrected chi connectivity index (χ1v) is 16.4. The van der Waals surface area contributed by atoms with Crippen molar-refractivity contribution in [2.24, 2.45) is 11.3 Å². The van der Waals surface area contributed by atoms with E-state index in [1.807, 2.05) is 30.3 Å². The molecule has 2 aromatic rings. The molecule has 2 aromatic carbocycles. The van der Waals surface area contributed by atoms with Crippen LogP contribution in [0, 0.1) is 11.3 Å². The lowest BCUT2D eigenvalue weighted by Crippen LogP contribution is -2.40. The molecule has 2 aliphatic rings. The molecule has 0 atom stereocenters. The molecule has 4 rings (SSSR count). The second-order valence-electron chi connectivity index (χ2n) is 13.7. The molecule has 1 N–H and O–H groups in total. The predicted molar refractivity (Wildman–Crippen MR) is 161 cm³/mol. The minimum absolute atomic E-state index is 0.0310. The second-order valence-corrected chi connectivity index (χ2v) is 15.7. The maximum atomic E-state index is 13.0. The molecule has 2 fully saturated rings. The first-order chi connectivity index (χ1) is 19.1. The van der Waals surface area contributed by atoms with E-state index in [9.17, 15) is 18.0 Å². The van der Waals surface area contributed by atoms with Gasteiger partial charge in [-0.25, -0.2) is 13.2 Å². The van der Waals surface area contributed by atoms with Crippen LogP contribution in [-0.2, 0) is 26.1 Å². The van der Waals surface area contributed by atoms with E-state index in [0.29, 0.717) is 18.3 Å². The lowest BCUT2D eigenvalue weighted by molar-refractivity contribution is -0.119. The van der Waals surface area contributed by atoms with Crippen molar-refractivity contribution < 1.29 is 27.5 Å². The van der Waals surface area contributed by atoms with Crippen LogP contribution in [0.25, 0.3) is 10.8 Å². The average molecular weight is 587 g/mol. The van der Waals surface area contributed by atoms with E-state index < -0.39 is 32.9 Å². The molecular formula is C32H46N2O6S. The first kappa shape index (κ1) is 31.1. The molecule has 0 radical (unpaired) electrons. The number of hydrogen-bond acceptors (Lipinski definition) is 6. The van der Waals surface area contributed by atoms with Gasteiger partial charge in [-0.2, -0.15) is 0 Å². The van der Waals surface area contributed by atoms with Crippen molar-refractivity contribution in [1.29, 1.82) is 0 Å². The van der Waals surface area contributed by atoms with Crippen molar-refractivity contribution in [3.05, 3.63) is 42.0 Å². The Morgan fingerprint density at radius 2 is 1.54 bits per heavy atom. The molecule has 0 aliphatic heterocycles. The third-order valence-electron chi connectivity index (χ3n) is 7.93. The first-order valence-electron chi connectivity index (χ1n) is 14.8. The van der Waals surface area contributed by atoms with Crippen molar-refractivity contribution in [2.45, 2.75) is 110 Å². The molecule has 0 aromatic heterocycles. The number of carbonyl (C=O) groups excluding carboxylic acids is 2. The Morgan fingerprint density at radius 3 is 2.15 bits per heavy atom. The summed E-state index contributed by atoms with van der Waals surface area (Å²) in [4.78, 5) is 26.8. The number of sulfonamides is 1. The van der Waals surface area contributed by atoms with Gasteiger partial charge in [-0.05, 0) is 105 Å². The third-order valence-corrected chi connectivity index (χ3v) is 9.79. The average Bonchev–Trinajstić information content (AvgIpc) is 3.71. The van der Waals surface area contributed by atoms with Crippen molar-refractivity contribution in [3.8, 4) is 5.75 Å². The predicted octanol–water partition coefficient (Wildman–Crippen LogP) is 6.56. The van der Waals surface area contributed by atoms with E-state index >= 15 is 0 Å². The van der Waals surface area contributed by atoms with Gasteiger partial charge in [-0.3, -0.25) is 9.52 Å². The smallest absolute Gasteiger partial charge is 0.410 e. The van der Waals surface area contributed by atoms with Crippen LogP contribution in [0.5, 0.6) is 5.75 Å². The van der Waals surface area contributed by atoms with Crippen molar-refractivity contribution in [3.63, 3.8) is 0 Å². The van der Waals surface area contributed by atoms with Gasteiger partial charge in [0.25, 0.3) is 0 Å². The molecular weight excluding hydrogens is 540 g/mol. The van der Waals surface area contributed by atoms with Gasteiger partial charge in [0, 0.05) is 19.5 Å². The van der Waals surface area contributed by atoms with Gasteiger partial charge in [0.2, 0.25) is 15.9 Å². The summed E-state index contributed by atoms with van der Waals surface area (Å²) in [5.41, 5.74) is 0.510. The van der Waals surface area contributed by atoms with E-state index in [1.165, 1.54) is 17.7 Å². The number of nitrogens with one attached hydrogen (secondary N) is 1. The highest BCUT2D eigenvalue weighted by molar-refractivity contribution is 7.90. The monoisotopic (exact) mass is 586 g/mol. The van der Waals surface area contributed by atoms with E-state index in [4.69, 9.17) is 9.47 Å². The standard InChI is InChI=1S/C32H46N2O6S/c1-31(2,3)25-10-13-26(14-11-25)39-27-12-9-23-19-22(7-8-24(23)20-27)21-34(30(36)40-32(4,5)6)18-17-29(35)33-41(37,38)28-15-16-28/h7-9,12,19-20,25-26,28H,10-11,13-18,21H2,1-6H3,(H,33,35). The fraction of sp³-hybridized carbons (Fsp3) is 0.625. The molecule has 0 unspecified atom stereocenters. The van der Waals surface area contributed by atoms with E-state index in [2.05, 4.69) is 31.6 Å². The Bertz CT molecular complexity index is 1350. The fourth-order valence-corrected chi connectivity index (χ4v) is 6.72. The summed E-state index contributed by atoms with van der Waals surface area (Å²) in [6.07, 6.45) is 5.21. The maximum Gasteiger partial charge on any atom is 0.410 e. The molecule has 2 saturated carbocycles. The number of nitrogens with zero attached hydrogens (tertiary/aromatic N) is 1. The van der Waals surface area contributed by atoms with E-state index in [-0.39, 0.29) is 25.6 Å². The quantitative estimate of drug-likeness (QED) is 0.357. The summed E-state index contributed by atoms with van der Waals surface area (Å²) >= 11 is 0. The van der Waals surface area contributed by atoms with Crippen LogP contribution >= 0.6 is 0 Å². The SMILES string of the molecule is CC(C)(C)OC(=O)N(CCC(=O)NS(=O)(=O)C1CC1)Cc1ccc2cc(OC3CCC(C(C)(C)C)CC3)ccc2c1. The van der Waals surface area contributed by atoms with Crippen LogP contribution in [0.3, 0.4) is 0 Å². The molecule has 8 nitrogen and oxygen atoms in total. The lowest BCUT2D eigenvalue weighted by Gasteiger charge is -2.37. The molecule has 41 heavy (non-hydrogen) atoms. The highest BCUT2D eigenvalue weighted by Crippen LogP contribution is 2.39. The Hall–Kier alpha value is -2.81. The third kappa shape index (κ3) is 9.09. The van der Waals surface area contributed by atoms with Crippen molar-refractivity contribution in [1.82, 2.24) is 9.62 Å². The summed E-state index contributed by atoms with van der Waals surface area (Å²) in [6, 6.07) is 12.1. The lowest BCUT2D eigenvalue weighted by atomic mass is 9.72. The summed E-state index contributed by atoms with van der Waals surface area (Å²) in [7, 11) is -3.63. The summed E-state index contributed by atoms with van der Waals surface area (Å²) < 4.78 is 38.3. The summed E-state index contributed by atoms with van der Waals surface area (Å²) in [5.74, 6) is 0.984. The van der Waals surface area contributed by atoms with Crippen LogP contribution in [0.4, 0.5) is 4.79 Å². The minimum Gasteiger partial charge on any atom is -0.490 e. The number of ether oxygens (including phenoxy) is 2. The van der Waals surface area contributed by atoms with E-state index in [1.54, 1.807) is 20.8 Å². The zero-order valence-electron chi connectivity index (χ0n) is 25.4. The number of benzene rings is 2. The summed E-state index contributed by atoms with van der Waals surface area (Å²) in [5, 5.41) is 1.58. The zero-order valence-corrected chi connectivity index (χ0v) is 26.2. The number of fused-ring (bicyclic) bond motifs is 1. The van der Waals surface area contributed by atoms with Crippen LogP contribution in [0.2, 0.25) is 0 Å². The van der Waals surface area contributed by atoms with Gasteiger partial charge < -0.3 is 14.4 Å². The van der Waals surface area contributed by atoms with Gasteiger partial charge in [-0.15, -0.1) is 0 Å². The fourth-order valence-electron chi connectivity index (χ4n) is 5.37. The molecule has 0 bridgehead atoms. The minimum atomic E-state index is -3.63. The van der Waals surface area contributed by atoms with Gasteiger partial charge in [0.1, 0.15) is 11.4 Å². The molecule has 226 valence electrons. The Kier molecular flexibility index (Phi) is 9.26. The largest absolute Gasteiger partial charge is 0.490 e. The molecule has 0 spiro atoms. The molecule has 2 aliphatic carbocycles. The molecule has 2 amide bonds. The highest BCUT2D eigenvalue weighted by atomic mass is 32.2. The van der Waals surface area contributed by atoms with Crippen molar-refractivity contribution >= 4 is 32.8 Å². The Morgan fingerprint density at radius 1 is 0.902 bits per heavy atom. The number of amides is 2. The van der Waals surface area contributed by atoms with Gasteiger partial charge >= 0.3 is 6.09 Å². The molecule has 9 heteroatoms. The van der Waals surface area contributed by atoms with Gasteiger partial charge in [0.05, 0.1) is 11.4 Å². The topological polar surface area (TPSA) is 102 Å². The molecule has 0 saturated heterocycles.